The van der Waals surface area contributed by atoms with Crippen LogP contribution in [0.25, 0.3) is 0 Å². The Bertz CT molecular complexity index is 634. The fourth-order valence-electron chi connectivity index (χ4n) is 2.34. The van der Waals surface area contributed by atoms with Crippen molar-refractivity contribution in [1.82, 2.24) is 0 Å². The van der Waals surface area contributed by atoms with Gasteiger partial charge in [0.15, 0.2) is 5.78 Å². The summed E-state index contributed by atoms with van der Waals surface area (Å²) >= 11 is 7.24. The number of carbonyl (C=O) groups excluding carboxylic acids is 2. The number of thiophene rings is 1. The third kappa shape index (κ3) is 2.49. The second kappa shape index (κ2) is 5.38. The zero-order valence-electron chi connectivity index (χ0n) is 10.4. The maximum atomic E-state index is 12.5. The largest absolute Gasteiger partial charge is 0.457 e. The standard InChI is InChI=1S/C15H11ClO3S/c16-10-5-3-9(4-6-10)15-11(8-13(17)19-15)14(18)12-2-1-7-20-12/h1-7,11,15H,8H2/t11-,15-/m1/s1. The van der Waals surface area contributed by atoms with Gasteiger partial charge in [0.2, 0.25) is 0 Å². The predicted octanol–water partition coefficient (Wildman–Crippen LogP) is 3.89. The van der Waals surface area contributed by atoms with Crippen LogP contribution in [0, 0.1) is 5.92 Å². The highest BCUT2D eigenvalue weighted by Crippen LogP contribution is 2.38. The topological polar surface area (TPSA) is 43.4 Å². The molecule has 0 amide bonds. The lowest BCUT2D eigenvalue weighted by Crippen LogP contribution is -2.17. The van der Waals surface area contributed by atoms with Crippen molar-refractivity contribution in [2.45, 2.75) is 12.5 Å². The summed E-state index contributed by atoms with van der Waals surface area (Å²) in [6.45, 7) is 0. The van der Waals surface area contributed by atoms with E-state index in [9.17, 15) is 9.59 Å². The molecule has 0 aliphatic carbocycles. The van der Waals surface area contributed by atoms with Crippen molar-refractivity contribution in [1.29, 1.82) is 0 Å². The van der Waals surface area contributed by atoms with E-state index in [1.807, 2.05) is 11.4 Å². The normalized spacial score (nSPS) is 21.8. The molecule has 0 saturated carbocycles. The van der Waals surface area contributed by atoms with E-state index in [1.54, 1.807) is 30.3 Å². The fraction of sp³-hybridized carbons (Fsp3) is 0.200. The average molecular weight is 307 g/mol. The summed E-state index contributed by atoms with van der Waals surface area (Å²) in [5, 5.41) is 2.46. The molecule has 1 saturated heterocycles. The molecule has 20 heavy (non-hydrogen) atoms. The Labute approximate surface area is 125 Å². The highest BCUT2D eigenvalue weighted by Gasteiger charge is 2.41. The lowest BCUT2D eigenvalue weighted by atomic mass is 9.91. The summed E-state index contributed by atoms with van der Waals surface area (Å²) < 4.78 is 5.32. The number of hydrogen-bond donors (Lipinski definition) is 0. The van der Waals surface area contributed by atoms with Crippen molar-refractivity contribution in [3.05, 3.63) is 57.2 Å². The van der Waals surface area contributed by atoms with Gasteiger partial charge in [0.05, 0.1) is 17.2 Å². The van der Waals surface area contributed by atoms with Gasteiger partial charge in [0.25, 0.3) is 0 Å². The van der Waals surface area contributed by atoms with Gasteiger partial charge >= 0.3 is 5.97 Å². The average Bonchev–Trinajstić information content (AvgIpc) is 3.08. The van der Waals surface area contributed by atoms with Crippen LogP contribution in [0.15, 0.2) is 41.8 Å². The van der Waals surface area contributed by atoms with E-state index in [4.69, 9.17) is 16.3 Å². The van der Waals surface area contributed by atoms with Gasteiger partial charge in [0, 0.05) is 5.02 Å². The first-order valence-corrected chi connectivity index (χ1v) is 7.43. The minimum Gasteiger partial charge on any atom is -0.457 e. The van der Waals surface area contributed by atoms with Crippen LogP contribution < -0.4 is 0 Å². The molecule has 102 valence electrons. The maximum absolute atomic E-state index is 12.5. The van der Waals surface area contributed by atoms with Gasteiger partial charge in [-0.1, -0.05) is 29.8 Å². The quantitative estimate of drug-likeness (QED) is 0.638. The van der Waals surface area contributed by atoms with Crippen molar-refractivity contribution < 1.29 is 14.3 Å². The molecule has 2 atom stereocenters. The highest BCUT2D eigenvalue weighted by atomic mass is 35.5. The van der Waals surface area contributed by atoms with Crippen LogP contribution >= 0.6 is 22.9 Å². The molecule has 3 rings (SSSR count). The number of halogens is 1. The monoisotopic (exact) mass is 306 g/mol. The molecule has 2 heterocycles. The summed E-state index contributed by atoms with van der Waals surface area (Å²) in [5.41, 5.74) is 0.801. The van der Waals surface area contributed by atoms with Gasteiger partial charge in [-0.05, 0) is 29.1 Å². The fourth-order valence-corrected chi connectivity index (χ4v) is 3.20. The Morgan fingerprint density at radius 1 is 1.25 bits per heavy atom. The highest BCUT2D eigenvalue weighted by molar-refractivity contribution is 7.12. The van der Waals surface area contributed by atoms with Crippen LogP contribution in [0.3, 0.4) is 0 Å². The summed E-state index contributed by atoms with van der Waals surface area (Å²) in [6.07, 6.45) is -0.390. The van der Waals surface area contributed by atoms with Crippen LogP contribution in [0.1, 0.15) is 27.8 Å². The Morgan fingerprint density at radius 3 is 2.65 bits per heavy atom. The van der Waals surface area contributed by atoms with Crippen molar-refractivity contribution in [2.75, 3.05) is 0 Å². The lowest BCUT2D eigenvalue weighted by Gasteiger charge is -2.16. The van der Waals surface area contributed by atoms with Crippen molar-refractivity contribution in [2.24, 2.45) is 5.92 Å². The SMILES string of the molecule is O=C1C[C@H](C(=O)c2cccs2)[C@@H](c2ccc(Cl)cc2)O1. The van der Waals surface area contributed by atoms with E-state index in [0.29, 0.717) is 9.90 Å². The number of cyclic esters (lactones) is 1. The molecule has 1 aromatic carbocycles. The van der Waals surface area contributed by atoms with Crippen molar-refractivity contribution >= 4 is 34.7 Å². The van der Waals surface area contributed by atoms with E-state index in [2.05, 4.69) is 0 Å². The molecular weight excluding hydrogens is 296 g/mol. The minimum absolute atomic E-state index is 0.0363. The van der Waals surface area contributed by atoms with Crippen LogP contribution in [0.5, 0.6) is 0 Å². The van der Waals surface area contributed by atoms with Gasteiger partial charge in [-0.25, -0.2) is 0 Å². The first kappa shape index (κ1) is 13.3. The molecule has 1 fully saturated rings. The van der Waals surface area contributed by atoms with Gasteiger partial charge in [-0.2, -0.15) is 0 Å². The minimum atomic E-state index is -0.519. The second-order valence-corrected chi connectivity index (χ2v) is 6.00. The number of Topliss-reactive ketones (excluding diaryl/α,β-unsaturated/α-hetero) is 1. The van der Waals surface area contributed by atoms with Gasteiger partial charge in [-0.3, -0.25) is 9.59 Å². The second-order valence-electron chi connectivity index (χ2n) is 4.61. The van der Waals surface area contributed by atoms with Gasteiger partial charge in [-0.15, -0.1) is 11.3 Å². The molecule has 0 unspecified atom stereocenters. The Morgan fingerprint density at radius 2 is 2.00 bits per heavy atom. The number of ether oxygens (including phenoxy) is 1. The van der Waals surface area contributed by atoms with E-state index >= 15 is 0 Å². The zero-order valence-corrected chi connectivity index (χ0v) is 12.0. The van der Waals surface area contributed by atoms with Crippen LogP contribution in [0.4, 0.5) is 0 Å². The molecule has 5 heteroatoms. The van der Waals surface area contributed by atoms with Crippen LogP contribution in [-0.4, -0.2) is 11.8 Å². The first-order valence-electron chi connectivity index (χ1n) is 6.18. The summed E-state index contributed by atoms with van der Waals surface area (Å²) in [7, 11) is 0. The molecule has 0 radical (unpaired) electrons. The third-order valence-corrected chi connectivity index (χ3v) is 4.45. The summed E-state index contributed by atoms with van der Waals surface area (Å²) in [4.78, 5) is 24.7. The molecule has 1 aliphatic heterocycles. The van der Waals surface area contributed by atoms with Gasteiger partial charge in [0.1, 0.15) is 6.10 Å². The van der Waals surface area contributed by atoms with Crippen LogP contribution in [0.2, 0.25) is 5.02 Å². The van der Waals surface area contributed by atoms with Crippen molar-refractivity contribution in [3.63, 3.8) is 0 Å². The molecular formula is C15H11ClO3S. The smallest absolute Gasteiger partial charge is 0.307 e. The molecule has 1 aliphatic rings. The first-order chi connectivity index (χ1) is 9.65. The summed E-state index contributed by atoms with van der Waals surface area (Å²) in [6, 6.07) is 10.6. The maximum Gasteiger partial charge on any atom is 0.307 e. The molecule has 0 bridgehead atoms. The number of esters is 1. The Hall–Kier alpha value is -1.65. The molecule has 0 spiro atoms. The lowest BCUT2D eigenvalue weighted by molar-refractivity contribution is -0.141. The van der Waals surface area contributed by atoms with E-state index in [1.165, 1.54) is 11.3 Å². The molecule has 1 aromatic heterocycles. The number of rotatable bonds is 3. The number of ketones is 1. The van der Waals surface area contributed by atoms with Gasteiger partial charge < -0.3 is 4.74 Å². The Kier molecular flexibility index (Phi) is 3.59. The third-order valence-electron chi connectivity index (χ3n) is 3.31. The predicted molar refractivity (Wildman–Crippen MR) is 77.0 cm³/mol. The number of carbonyl (C=O) groups is 2. The van der Waals surface area contributed by atoms with E-state index in [-0.39, 0.29) is 18.2 Å². The summed E-state index contributed by atoms with van der Waals surface area (Å²) in [5.74, 6) is -0.826. The number of hydrogen-bond acceptors (Lipinski definition) is 4. The van der Waals surface area contributed by atoms with E-state index in [0.717, 1.165) is 5.56 Å². The van der Waals surface area contributed by atoms with Crippen LogP contribution in [-0.2, 0) is 9.53 Å². The molecule has 2 aromatic rings. The van der Waals surface area contributed by atoms with Crippen molar-refractivity contribution in [3.8, 4) is 0 Å². The van der Waals surface area contributed by atoms with E-state index < -0.39 is 12.0 Å². The molecule has 0 N–H and O–H groups in total. The zero-order chi connectivity index (χ0) is 14.1. The number of benzene rings is 1. The Balaban J connectivity index is 1.91. The molecule has 3 nitrogen and oxygen atoms in total.